The predicted molar refractivity (Wildman–Crippen MR) is 159 cm³/mol. The highest BCUT2D eigenvalue weighted by Gasteiger charge is 2.20. The van der Waals surface area contributed by atoms with Crippen molar-refractivity contribution in [3.8, 4) is 5.69 Å². The first-order chi connectivity index (χ1) is 18.6. The summed E-state index contributed by atoms with van der Waals surface area (Å²) in [5, 5.41) is 8.20. The van der Waals surface area contributed by atoms with Crippen LogP contribution in [0, 0.1) is 0 Å². The lowest BCUT2D eigenvalue weighted by molar-refractivity contribution is 0.357. The van der Waals surface area contributed by atoms with E-state index in [1.807, 2.05) is 46.1 Å². The summed E-state index contributed by atoms with van der Waals surface area (Å²) in [4.78, 5) is 18.7. The molecular formula is C27H38N10S. The van der Waals surface area contributed by atoms with Crippen LogP contribution in [-0.4, -0.2) is 89.2 Å². The lowest BCUT2D eigenvalue weighted by atomic mass is 10.2. The van der Waals surface area contributed by atoms with Crippen molar-refractivity contribution in [1.82, 2.24) is 24.6 Å². The maximum atomic E-state index is 6.08. The summed E-state index contributed by atoms with van der Waals surface area (Å²) in [7, 11) is 2.12. The molecule has 4 heterocycles. The molecule has 2 saturated heterocycles. The van der Waals surface area contributed by atoms with Crippen LogP contribution < -0.4 is 25.8 Å². The van der Waals surface area contributed by atoms with Gasteiger partial charge >= 0.3 is 0 Å². The summed E-state index contributed by atoms with van der Waals surface area (Å²) < 4.78 is 1.83. The van der Waals surface area contributed by atoms with E-state index in [2.05, 4.69) is 38.2 Å². The molecule has 38 heavy (non-hydrogen) atoms. The van der Waals surface area contributed by atoms with Gasteiger partial charge in [0.05, 0.1) is 5.69 Å². The van der Waals surface area contributed by atoms with Crippen LogP contribution in [-0.2, 0) is 0 Å². The SMILES string of the molecule is CN(CCNc1cc(N2CCCC2)nc(N2CCCC2)n1)CCN(C(N)=S)c1ccc(-n2cccn2)cc1. The number of anilines is 4. The molecule has 11 heteroatoms. The van der Waals surface area contributed by atoms with Crippen molar-refractivity contribution >= 4 is 40.6 Å². The van der Waals surface area contributed by atoms with Gasteiger partial charge in [0.2, 0.25) is 5.95 Å². The monoisotopic (exact) mass is 534 g/mol. The highest BCUT2D eigenvalue weighted by Crippen LogP contribution is 2.25. The topological polar surface area (TPSA) is 94.6 Å². The number of hydrogen-bond donors (Lipinski definition) is 2. The smallest absolute Gasteiger partial charge is 0.229 e. The zero-order valence-electron chi connectivity index (χ0n) is 22.2. The van der Waals surface area contributed by atoms with Gasteiger partial charge in [0.15, 0.2) is 5.11 Å². The molecule has 0 spiro atoms. The quantitative estimate of drug-likeness (QED) is 0.358. The van der Waals surface area contributed by atoms with Gasteiger partial charge in [0.25, 0.3) is 0 Å². The fraction of sp³-hybridized carbons (Fsp3) is 0.481. The molecule has 0 amide bonds. The second-order valence-corrected chi connectivity index (χ2v) is 10.4. The Labute approximate surface area is 230 Å². The molecule has 2 aliphatic rings. The van der Waals surface area contributed by atoms with Crippen molar-refractivity contribution in [2.24, 2.45) is 5.73 Å². The zero-order chi connectivity index (χ0) is 26.3. The van der Waals surface area contributed by atoms with E-state index in [4.69, 9.17) is 27.9 Å². The molecule has 202 valence electrons. The van der Waals surface area contributed by atoms with Crippen molar-refractivity contribution in [1.29, 1.82) is 0 Å². The fourth-order valence-corrected chi connectivity index (χ4v) is 5.21. The van der Waals surface area contributed by atoms with Crippen LogP contribution in [0.4, 0.5) is 23.3 Å². The molecule has 10 nitrogen and oxygen atoms in total. The molecular weight excluding hydrogens is 496 g/mol. The van der Waals surface area contributed by atoms with Crippen LogP contribution in [0.1, 0.15) is 25.7 Å². The van der Waals surface area contributed by atoms with Crippen LogP contribution in [0.25, 0.3) is 5.69 Å². The van der Waals surface area contributed by atoms with Gasteiger partial charge in [-0.1, -0.05) is 0 Å². The Hall–Kier alpha value is -3.44. The van der Waals surface area contributed by atoms with Gasteiger partial charge < -0.3 is 30.7 Å². The largest absolute Gasteiger partial charge is 0.376 e. The molecule has 0 bridgehead atoms. The van der Waals surface area contributed by atoms with E-state index >= 15 is 0 Å². The summed E-state index contributed by atoms with van der Waals surface area (Å²) in [6.45, 7) is 7.41. The van der Waals surface area contributed by atoms with Crippen molar-refractivity contribution in [3.63, 3.8) is 0 Å². The molecule has 0 radical (unpaired) electrons. The standard InChI is InChI=1S/C27H38N10S/c1-33(19-20-36(26(28)38)22-7-9-23(10-8-22)37-17-6-11-30-37)18-12-29-24-21-25(34-13-2-3-14-34)32-27(31-24)35-15-4-5-16-35/h6-11,17,21H,2-5,12-16,18-20H2,1H3,(H2,28,38)(H,29,31,32). The summed E-state index contributed by atoms with van der Waals surface area (Å²) >= 11 is 5.36. The van der Waals surface area contributed by atoms with E-state index in [0.717, 1.165) is 74.8 Å². The maximum Gasteiger partial charge on any atom is 0.229 e. The van der Waals surface area contributed by atoms with E-state index in [1.54, 1.807) is 6.20 Å². The number of rotatable bonds is 11. The van der Waals surface area contributed by atoms with Crippen LogP contribution in [0.3, 0.4) is 0 Å². The van der Waals surface area contributed by atoms with E-state index in [-0.39, 0.29) is 0 Å². The Morgan fingerprint density at radius 2 is 1.68 bits per heavy atom. The van der Waals surface area contributed by atoms with Gasteiger partial charge in [-0.15, -0.1) is 0 Å². The van der Waals surface area contributed by atoms with Gasteiger partial charge in [-0.2, -0.15) is 15.1 Å². The molecule has 5 rings (SSSR count). The highest BCUT2D eigenvalue weighted by molar-refractivity contribution is 7.80. The van der Waals surface area contributed by atoms with Gasteiger partial charge in [0, 0.05) is 76.5 Å². The summed E-state index contributed by atoms with van der Waals surface area (Å²) in [6, 6.07) is 12.1. The normalized spacial score (nSPS) is 15.4. The van der Waals surface area contributed by atoms with Crippen molar-refractivity contribution < 1.29 is 0 Å². The minimum absolute atomic E-state index is 0.369. The first kappa shape index (κ1) is 26.2. The molecule has 3 aromatic rings. The van der Waals surface area contributed by atoms with Crippen molar-refractivity contribution in [2.75, 3.05) is 79.4 Å². The lowest BCUT2D eigenvalue weighted by Gasteiger charge is -2.26. The average Bonchev–Trinajstić information content (AvgIpc) is 3.72. The lowest BCUT2D eigenvalue weighted by Crippen LogP contribution is -2.41. The summed E-state index contributed by atoms with van der Waals surface area (Å²) in [5.41, 5.74) is 8.05. The number of thiocarbonyl (C=S) groups is 1. The first-order valence-electron chi connectivity index (χ1n) is 13.6. The number of aromatic nitrogens is 4. The van der Waals surface area contributed by atoms with Gasteiger partial charge in [-0.05, 0) is 75.3 Å². The second kappa shape index (κ2) is 12.4. The van der Waals surface area contributed by atoms with Crippen molar-refractivity contribution in [3.05, 3.63) is 48.8 Å². The van der Waals surface area contributed by atoms with E-state index < -0.39 is 0 Å². The molecule has 0 atom stereocenters. The van der Waals surface area contributed by atoms with Crippen LogP contribution in [0.5, 0.6) is 0 Å². The Bertz CT molecular complexity index is 1140. The third-order valence-corrected chi connectivity index (χ3v) is 7.44. The molecule has 1 aromatic carbocycles. The zero-order valence-corrected chi connectivity index (χ0v) is 23.0. The molecule has 0 aliphatic carbocycles. The molecule has 0 saturated carbocycles. The highest BCUT2D eigenvalue weighted by atomic mass is 32.1. The van der Waals surface area contributed by atoms with Gasteiger partial charge in [-0.25, -0.2) is 4.68 Å². The third-order valence-electron chi connectivity index (χ3n) is 7.22. The van der Waals surface area contributed by atoms with Crippen molar-refractivity contribution in [2.45, 2.75) is 25.7 Å². The molecule has 3 N–H and O–H groups in total. The number of nitrogens with two attached hydrogens (primary N) is 1. The van der Waals surface area contributed by atoms with Crippen LogP contribution in [0.15, 0.2) is 48.8 Å². The maximum absolute atomic E-state index is 6.08. The number of likely N-dealkylation sites (N-methyl/N-ethyl adjacent to an activating group) is 1. The Kier molecular flexibility index (Phi) is 8.54. The Morgan fingerprint density at radius 1 is 0.974 bits per heavy atom. The number of hydrogen-bond acceptors (Lipinski definition) is 8. The van der Waals surface area contributed by atoms with Crippen LogP contribution >= 0.6 is 12.2 Å². The second-order valence-electron chi connectivity index (χ2n) is 9.99. The summed E-state index contributed by atoms with van der Waals surface area (Å²) in [6.07, 6.45) is 8.57. The third kappa shape index (κ3) is 6.51. The predicted octanol–water partition coefficient (Wildman–Crippen LogP) is 2.96. The molecule has 2 aliphatic heterocycles. The van der Waals surface area contributed by atoms with E-state index in [0.29, 0.717) is 11.7 Å². The van der Waals surface area contributed by atoms with E-state index in [1.165, 1.54) is 25.7 Å². The number of nitrogens with zero attached hydrogens (tertiary/aromatic N) is 8. The Morgan fingerprint density at radius 3 is 2.34 bits per heavy atom. The van der Waals surface area contributed by atoms with Crippen LogP contribution in [0.2, 0.25) is 0 Å². The fourth-order valence-electron chi connectivity index (χ4n) is 5.01. The molecule has 2 fully saturated rings. The van der Waals surface area contributed by atoms with Gasteiger partial charge in [0.1, 0.15) is 11.6 Å². The summed E-state index contributed by atoms with van der Waals surface area (Å²) in [5.74, 6) is 2.80. The number of nitrogens with one attached hydrogen (secondary N) is 1. The Balaban J connectivity index is 1.15. The minimum atomic E-state index is 0.369. The number of benzene rings is 1. The van der Waals surface area contributed by atoms with Gasteiger partial charge in [-0.3, -0.25) is 0 Å². The average molecular weight is 535 g/mol. The minimum Gasteiger partial charge on any atom is -0.376 e. The first-order valence-corrected chi connectivity index (χ1v) is 14.0. The molecule has 0 unspecified atom stereocenters. The molecule has 2 aromatic heterocycles. The van der Waals surface area contributed by atoms with E-state index in [9.17, 15) is 0 Å².